The molecule has 2 rings (SSSR count). The largest absolute Gasteiger partial charge is 0.382 e. The van der Waals surface area contributed by atoms with Gasteiger partial charge in [-0.2, -0.15) is 0 Å². The second kappa shape index (κ2) is 5.13. The van der Waals surface area contributed by atoms with Crippen LogP contribution in [0.5, 0.6) is 0 Å². The van der Waals surface area contributed by atoms with Crippen molar-refractivity contribution in [1.29, 1.82) is 0 Å². The van der Waals surface area contributed by atoms with Gasteiger partial charge < -0.3 is 5.32 Å². The lowest BCUT2D eigenvalue weighted by molar-refractivity contribution is 0.101. The molecule has 1 unspecified atom stereocenters. The molecule has 0 aromatic heterocycles. The van der Waals surface area contributed by atoms with Gasteiger partial charge in [0, 0.05) is 17.3 Å². The topological polar surface area (TPSA) is 29.1 Å². The summed E-state index contributed by atoms with van der Waals surface area (Å²) < 4.78 is 0. The van der Waals surface area contributed by atoms with Crippen molar-refractivity contribution in [2.45, 2.75) is 52.5 Å². The van der Waals surface area contributed by atoms with Crippen LogP contribution in [0.25, 0.3) is 0 Å². The smallest absolute Gasteiger partial charge is 0.159 e. The Balaban J connectivity index is 2.06. The Kier molecular flexibility index (Phi) is 3.74. The van der Waals surface area contributed by atoms with Crippen LogP contribution in [0.3, 0.4) is 0 Å². The second-order valence-corrected chi connectivity index (χ2v) is 6.06. The van der Waals surface area contributed by atoms with Crippen LogP contribution in [-0.4, -0.2) is 11.8 Å². The van der Waals surface area contributed by atoms with Gasteiger partial charge in [-0.15, -0.1) is 0 Å². The number of hydrogen-bond donors (Lipinski definition) is 1. The summed E-state index contributed by atoms with van der Waals surface area (Å²) in [6, 6.07) is 8.37. The number of anilines is 1. The molecule has 0 spiro atoms. The molecule has 0 aliphatic heterocycles. The summed E-state index contributed by atoms with van der Waals surface area (Å²) in [4.78, 5) is 11.2. The number of ketones is 1. The average Bonchev–Trinajstić information content (AvgIpc) is 2.32. The maximum absolute atomic E-state index is 11.2. The lowest BCUT2D eigenvalue weighted by Crippen LogP contribution is -2.38. The van der Waals surface area contributed by atoms with Gasteiger partial charge in [-0.3, -0.25) is 4.79 Å². The molecule has 1 saturated carbocycles. The molecule has 0 saturated heterocycles. The van der Waals surface area contributed by atoms with Gasteiger partial charge in [-0.1, -0.05) is 26.7 Å². The van der Waals surface area contributed by atoms with E-state index in [0.717, 1.165) is 11.3 Å². The highest BCUT2D eigenvalue weighted by atomic mass is 16.1. The first kappa shape index (κ1) is 13.1. The van der Waals surface area contributed by atoms with Gasteiger partial charge in [0.15, 0.2) is 5.78 Å². The Labute approximate surface area is 110 Å². The molecule has 0 bridgehead atoms. The Bertz CT molecular complexity index is 419. The van der Waals surface area contributed by atoms with Crippen LogP contribution in [0.15, 0.2) is 24.3 Å². The maximum atomic E-state index is 11.2. The van der Waals surface area contributed by atoms with Crippen LogP contribution in [0.1, 0.15) is 56.8 Å². The minimum absolute atomic E-state index is 0.125. The van der Waals surface area contributed by atoms with Gasteiger partial charge in [0.2, 0.25) is 0 Å². The molecule has 0 amide bonds. The summed E-state index contributed by atoms with van der Waals surface area (Å²) in [5.74, 6) is 0.125. The molecule has 98 valence electrons. The molecule has 1 aliphatic rings. The third-order valence-corrected chi connectivity index (χ3v) is 4.14. The molecule has 1 aromatic rings. The summed E-state index contributed by atoms with van der Waals surface area (Å²) in [7, 11) is 0. The Morgan fingerprint density at radius 2 is 1.89 bits per heavy atom. The quantitative estimate of drug-likeness (QED) is 0.806. The van der Waals surface area contributed by atoms with E-state index in [1.807, 2.05) is 24.3 Å². The summed E-state index contributed by atoms with van der Waals surface area (Å²) >= 11 is 0. The highest BCUT2D eigenvalue weighted by Crippen LogP contribution is 2.37. The summed E-state index contributed by atoms with van der Waals surface area (Å²) in [6.07, 6.45) is 5.18. The van der Waals surface area contributed by atoms with Crippen molar-refractivity contribution in [1.82, 2.24) is 0 Å². The minimum Gasteiger partial charge on any atom is -0.382 e. The normalized spacial score (nSPS) is 22.5. The van der Waals surface area contributed by atoms with Gasteiger partial charge in [0.25, 0.3) is 0 Å². The number of carbonyl (C=O) groups excluding carboxylic acids is 1. The first-order valence-corrected chi connectivity index (χ1v) is 6.86. The molecule has 1 atom stereocenters. The van der Waals surface area contributed by atoms with E-state index in [4.69, 9.17) is 0 Å². The monoisotopic (exact) mass is 245 g/mol. The van der Waals surface area contributed by atoms with E-state index >= 15 is 0 Å². The van der Waals surface area contributed by atoms with E-state index < -0.39 is 0 Å². The van der Waals surface area contributed by atoms with E-state index in [2.05, 4.69) is 19.2 Å². The van der Waals surface area contributed by atoms with Crippen LogP contribution < -0.4 is 5.32 Å². The van der Waals surface area contributed by atoms with Crippen LogP contribution in [0.4, 0.5) is 5.69 Å². The molecular weight excluding hydrogens is 222 g/mol. The van der Waals surface area contributed by atoms with Crippen molar-refractivity contribution >= 4 is 11.5 Å². The zero-order chi connectivity index (χ0) is 13.2. The van der Waals surface area contributed by atoms with Crippen LogP contribution in [0, 0.1) is 5.41 Å². The van der Waals surface area contributed by atoms with Crippen LogP contribution in [-0.2, 0) is 0 Å². The molecule has 0 radical (unpaired) electrons. The summed E-state index contributed by atoms with van der Waals surface area (Å²) in [6.45, 7) is 6.29. The molecule has 2 nitrogen and oxygen atoms in total. The Morgan fingerprint density at radius 3 is 2.44 bits per heavy atom. The van der Waals surface area contributed by atoms with E-state index in [-0.39, 0.29) is 5.78 Å². The van der Waals surface area contributed by atoms with Crippen molar-refractivity contribution in [2.75, 3.05) is 5.32 Å². The van der Waals surface area contributed by atoms with E-state index in [9.17, 15) is 4.79 Å². The second-order valence-electron chi connectivity index (χ2n) is 6.06. The average molecular weight is 245 g/mol. The number of nitrogens with one attached hydrogen (secondary N) is 1. The number of carbonyl (C=O) groups is 1. The first-order chi connectivity index (χ1) is 8.49. The minimum atomic E-state index is 0.125. The fourth-order valence-corrected chi connectivity index (χ4v) is 2.76. The van der Waals surface area contributed by atoms with Gasteiger partial charge in [-0.05, 0) is 49.4 Å². The van der Waals surface area contributed by atoms with Gasteiger partial charge in [0.1, 0.15) is 0 Å². The highest BCUT2D eigenvalue weighted by molar-refractivity contribution is 5.94. The fraction of sp³-hybridized carbons (Fsp3) is 0.562. The van der Waals surface area contributed by atoms with E-state index in [0.29, 0.717) is 11.5 Å². The van der Waals surface area contributed by atoms with Crippen molar-refractivity contribution < 1.29 is 4.79 Å². The summed E-state index contributed by atoms with van der Waals surface area (Å²) in [5, 5.41) is 3.63. The molecule has 18 heavy (non-hydrogen) atoms. The SMILES string of the molecule is CC(=O)c1ccc(NC2CCCCC2(C)C)cc1. The Morgan fingerprint density at radius 1 is 1.22 bits per heavy atom. The third kappa shape index (κ3) is 2.92. The van der Waals surface area contributed by atoms with E-state index in [1.54, 1.807) is 6.92 Å². The van der Waals surface area contributed by atoms with Crippen molar-refractivity contribution in [2.24, 2.45) is 5.41 Å². The van der Waals surface area contributed by atoms with Crippen molar-refractivity contribution in [3.63, 3.8) is 0 Å². The molecule has 0 heterocycles. The highest BCUT2D eigenvalue weighted by Gasteiger charge is 2.31. The predicted octanol–water partition coefficient (Wildman–Crippen LogP) is 4.27. The van der Waals surface area contributed by atoms with Gasteiger partial charge >= 0.3 is 0 Å². The van der Waals surface area contributed by atoms with Gasteiger partial charge in [-0.25, -0.2) is 0 Å². The number of hydrogen-bond acceptors (Lipinski definition) is 2. The zero-order valence-electron chi connectivity index (χ0n) is 11.6. The predicted molar refractivity (Wildman–Crippen MR) is 76.1 cm³/mol. The number of rotatable bonds is 3. The molecule has 1 fully saturated rings. The first-order valence-electron chi connectivity index (χ1n) is 6.86. The van der Waals surface area contributed by atoms with E-state index in [1.165, 1.54) is 25.7 Å². The van der Waals surface area contributed by atoms with Crippen LogP contribution in [0.2, 0.25) is 0 Å². The lowest BCUT2D eigenvalue weighted by Gasteiger charge is -2.39. The van der Waals surface area contributed by atoms with Crippen molar-refractivity contribution in [3.8, 4) is 0 Å². The van der Waals surface area contributed by atoms with Crippen molar-refractivity contribution in [3.05, 3.63) is 29.8 Å². The molecule has 1 N–H and O–H groups in total. The van der Waals surface area contributed by atoms with Crippen LogP contribution >= 0.6 is 0 Å². The molecular formula is C16H23NO. The third-order valence-electron chi connectivity index (χ3n) is 4.14. The number of Topliss-reactive ketones (excluding diaryl/α,β-unsaturated/α-hetero) is 1. The molecule has 2 heteroatoms. The lowest BCUT2D eigenvalue weighted by atomic mass is 9.73. The molecule has 1 aliphatic carbocycles. The van der Waals surface area contributed by atoms with Gasteiger partial charge in [0.05, 0.1) is 0 Å². The maximum Gasteiger partial charge on any atom is 0.159 e. The Hall–Kier alpha value is -1.31. The standard InChI is InChI=1S/C16H23NO/c1-12(18)13-7-9-14(10-8-13)17-15-6-4-5-11-16(15,2)3/h7-10,15,17H,4-6,11H2,1-3H3. The molecule has 1 aromatic carbocycles. The summed E-state index contributed by atoms with van der Waals surface area (Å²) in [5.41, 5.74) is 2.26. The fourth-order valence-electron chi connectivity index (χ4n) is 2.76. The zero-order valence-corrected chi connectivity index (χ0v) is 11.6. The number of benzene rings is 1.